The molecule has 0 bridgehead atoms. The fraction of sp³-hybridized carbons (Fsp3) is 0.700. The van der Waals surface area contributed by atoms with Crippen molar-refractivity contribution < 1.29 is 14.6 Å². The van der Waals surface area contributed by atoms with E-state index >= 15 is 0 Å². The second kappa shape index (κ2) is 5.02. The number of carbonyl (C=O) groups excluding carboxylic acids is 1. The lowest BCUT2D eigenvalue weighted by atomic mass is 10.1. The summed E-state index contributed by atoms with van der Waals surface area (Å²) in [5, 5.41) is 9.30. The fourth-order valence-electron chi connectivity index (χ4n) is 1.35. The normalized spacial score (nSPS) is 33.5. The van der Waals surface area contributed by atoms with E-state index in [4.69, 9.17) is 4.74 Å². The quantitative estimate of drug-likeness (QED) is 0.457. The van der Waals surface area contributed by atoms with Gasteiger partial charge in [0.15, 0.2) is 0 Å². The summed E-state index contributed by atoms with van der Waals surface area (Å²) in [6, 6.07) is 0. The second-order valence-electron chi connectivity index (χ2n) is 3.43. The van der Waals surface area contributed by atoms with Gasteiger partial charge in [-0.15, -0.1) is 0 Å². The van der Waals surface area contributed by atoms with E-state index < -0.39 is 6.10 Å². The first-order valence-electron chi connectivity index (χ1n) is 4.72. The SMILES string of the molecule is CC1CCC/C=C\C(O)CC(=O)O1. The molecule has 0 radical (unpaired) electrons. The van der Waals surface area contributed by atoms with E-state index in [1.54, 1.807) is 6.08 Å². The first-order chi connectivity index (χ1) is 6.18. The van der Waals surface area contributed by atoms with Gasteiger partial charge in [0.05, 0.1) is 18.6 Å². The number of hydrogen-bond acceptors (Lipinski definition) is 3. The highest BCUT2D eigenvalue weighted by Crippen LogP contribution is 2.10. The maximum absolute atomic E-state index is 11.1. The highest BCUT2D eigenvalue weighted by atomic mass is 16.5. The highest BCUT2D eigenvalue weighted by Gasteiger charge is 2.13. The second-order valence-corrected chi connectivity index (χ2v) is 3.43. The number of hydrogen-bond donors (Lipinski definition) is 1. The van der Waals surface area contributed by atoms with Crippen molar-refractivity contribution in [2.24, 2.45) is 0 Å². The molecular weight excluding hydrogens is 168 g/mol. The van der Waals surface area contributed by atoms with E-state index in [1.165, 1.54) is 0 Å². The minimum atomic E-state index is -0.683. The molecule has 0 aromatic rings. The van der Waals surface area contributed by atoms with Crippen molar-refractivity contribution in [3.8, 4) is 0 Å². The Balaban J connectivity index is 2.51. The standard InChI is InChI=1S/C10H16O3/c1-8-5-3-2-4-6-9(11)7-10(12)13-8/h4,6,8-9,11H,2-3,5,7H2,1H3/b6-4-. The van der Waals surface area contributed by atoms with E-state index in [0.717, 1.165) is 19.3 Å². The van der Waals surface area contributed by atoms with Gasteiger partial charge >= 0.3 is 5.97 Å². The van der Waals surface area contributed by atoms with Gasteiger partial charge in [-0.3, -0.25) is 4.79 Å². The number of allylic oxidation sites excluding steroid dienone is 1. The van der Waals surface area contributed by atoms with Crippen LogP contribution in [0, 0.1) is 0 Å². The van der Waals surface area contributed by atoms with Crippen LogP contribution in [0.2, 0.25) is 0 Å². The average Bonchev–Trinajstić information content (AvgIpc) is 2.02. The molecule has 1 rings (SSSR count). The van der Waals surface area contributed by atoms with Crippen LogP contribution in [0.1, 0.15) is 32.6 Å². The zero-order chi connectivity index (χ0) is 9.68. The molecule has 0 aromatic carbocycles. The molecule has 13 heavy (non-hydrogen) atoms. The molecule has 1 aliphatic heterocycles. The summed E-state index contributed by atoms with van der Waals surface area (Å²) in [5.74, 6) is -0.313. The molecule has 1 aliphatic rings. The molecule has 2 unspecified atom stereocenters. The van der Waals surface area contributed by atoms with Crippen molar-refractivity contribution in [1.29, 1.82) is 0 Å². The zero-order valence-electron chi connectivity index (χ0n) is 7.90. The molecule has 0 aliphatic carbocycles. The van der Waals surface area contributed by atoms with Crippen LogP contribution in [0.4, 0.5) is 0 Å². The number of aliphatic hydroxyl groups excluding tert-OH is 1. The Kier molecular flexibility index (Phi) is 3.96. The zero-order valence-corrected chi connectivity index (χ0v) is 7.90. The van der Waals surface area contributed by atoms with E-state index in [0.29, 0.717) is 0 Å². The first-order valence-corrected chi connectivity index (χ1v) is 4.72. The van der Waals surface area contributed by atoms with Gasteiger partial charge in [-0.2, -0.15) is 0 Å². The number of cyclic esters (lactones) is 1. The van der Waals surface area contributed by atoms with Gasteiger partial charge in [0, 0.05) is 0 Å². The van der Waals surface area contributed by atoms with Gasteiger partial charge in [-0.1, -0.05) is 12.2 Å². The largest absolute Gasteiger partial charge is 0.463 e. The molecule has 2 atom stereocenters. The number of esters is 1. The van der Waals surface area contributed by atoms with Gasteiger partial charge in [-0.05, 0) is 26.2 Å². The van der Waals surface area contributed by atoms with Gasteiger partial charge in [0.25, 0.3) is 0 Å². The lowest BCUT2D eigenvalue weighted by molar-refractivity contribution is -0.150. The summed E-state index contributed by atoms with van der Waals surface area (Å²) in [4.78, 5) is 11.1. The van der Waals surface area contributed by atoms with Crippen molar-refractivity contribution in [2.75, 3.05) is 0 Å². The Labute approximate surface area is 78.4 Å². The molecule has 3 nitrogen and oxygen atoms in total. The number of carbonyl (C=O) groups is 1. The molecule has 0 aromatic heterocycles. The van der Waals surface area contributed by atoms with Crippen LogP contribution in [0.5, 0.6) is 0 Å². The Morgan fingerprint density at radius 3 is 3.15 bits per heavy atom. The predicted octanol–water partition coefficient (Wildman–Crippen LogP) is 1.41. The summed E-state index contributed by atoms with van der Waals surface area (Å²) >= 11 is 0. The number of aliphatic hydroxyl groups is 1. The Hall–Kier alpha value is -0.830. The smallest absolute Gasteiger partial charge is 0.309 e. The maximum Gasteiger partial charge on any atom is 0.309 e. The minimum Gasteiger partial charge on any atom is -0.463 e. The van der Waals surface area contributed by atoms with E-state index in [-0.39, 0.29) is 18.5 Å². The molecule has 0 fully saturated rings. The van der Waals surface area contributed by atoms with Crippen molar-refractivity contribution in [2.45, 2.75) is 44.8 Å². The third-order valence-corrected chi connectivity index (χ3v) is 2.05. The van der Waals surface area contributed by atoms with Crippen molar-refractivity contribution >= 4 is 5.97 Å². The molecule has 1 heterocycles. The molecule has 0 saturated carbocycles. The van der Waals surface area contributed by atoms with Crippen LogP contribution >= 0.6 is 0 Å². The summed E-state index contributed by atoms with van der Waals surface area (Å²) in [5.41, 5.74) is 0. The molecule has 1 N–H and O–H groups in total. The van der Waals surface area contributed by atoms with Crippen LogP contribution in [-0.2, 0) is 9.53 Å². The molecule has 0 saturated heterocycles. The van der Waals surface area contributed by atoms with Crippen LogP contribution in [0.15, 0.2) is 12.2 Å². The van der Waals surface area contributed by atoms with Gasteiger partial charge in [0.1, 0.15) is 0 Å². The lowest BCUT2D eigenvalue weighted by Gasteiger charge is -2.15. The summed E-state index contributed by atoms with van der Waals surface area (Å²) in [7, 11) is 0. The van der Waals surface area contributed by atoms with Gasteiger partial charge < -0.3 is 9.84 Å². The molecule has 0 spiro atoms. The van der Waals surface area contributed by atoms with Crippen LogP contribution in [-0.4, -0.2) is 23.3 Å². The Bertz CT molecular complexity index is 198. The van der Waals surface area contributed by atoms with Crippen molar-refractivity contribution in [3.63, 3.8) is 0 Å². The van der Waals surface area contributed by atoms with Crippen LogP contribution in [0.3, 0.4) is 0 Å². The maximum atomic E-state index is 11.1. The number of ether oxygens (including phenoxy) is 1. The highest BCUT2D eigenvalue weighted by molar-refractivity contribution is 5.70. The molecule has 74 valence electrons. The third-order valence-electron chi connectivity index (χ3n) is 2.05. The summed E-state index contributed by atoms with van der Waals surface area (Å²) in [6.07, 6.45) is 5.79. The minimum absolute atomic E-state index is 0.0220. The Morgan fingerprint density at radius 2 is 2.38 bits per heavy atom. The molecule has 3 heteroatoms. The molecular formula is C10H16O3. The summed E-state index contributed by atoms with van der Waals surface area (Å²) in [6.45, 7) is 1.88. The average molecular weight is 184 g/mol. The van der Waals surface area contributed by atoms with Gasteiger partial charge in [0.2, 0.25) is 0 Å². The first kappa shape index (κ1) is 10.3. The van der Waals surface area contributed by atoms with E-state index in [1.807, 2.05) is 13.0 Å². The lowest BCUT2D eigenvalue weighted by Crippen LogP contribution is -2.19. The fourth-order valence-corrected chi connectivity index (χ4v) is 1.35. The van der Waals surface area contributed by atoms with E-state index in [2.05, 4.69) is 0 Å². The number of rotatable bonds is 0. The van der Waals surface area contributed by atoms with Gasteiger partial charge in [-0.25, -0.2) is 0 Å². The Morgan fingerprint density at radius 1 is 1.62 bits per heavy atom. The molecule has 0 amide bonds. The van der Waals surface area contributed by atoms with E-state index in [9.17, 15) is 9.90 Å². The third kappa shape index (κ3) is 4.08. The monoisotopic (exact) mass is 184 g/mol. The van der Waals surface area contributed by atoms with Crippen LogP contribution < -0.4 is 0 Å². The predicted molar refractivity (Wildman–Crippen MR) is 49.2 cm³/mol. The van der Waals surface area contributed by atoms with Crippen molar-refractivity contribution in [1.82, 2.24) is 0 Å². The topological polar surface area (TPSA) is 46.5 Å². The van der Waals surface area contributed by atoms with Crippen LogP contribution in [0.25, 0.3) is 0 Å². The van der Waals surface area contributed by atoms with Crippen molar-refractivity contribution in [3.05, 3.63) is 12.2 Å². The summed E-state index contributed by atoms with van der Waals surface area (Å²) < 4.78 is 5.06.